The molecule has 0 aliphatic carbocycles. The average molecular weight is 448 g/mol. The summed E-state index contributed by atoms with van der Waals surface area (Å²) in [6.45, 7) is 0.0923. The van der Waals surface area contributed by atoms with E-state index in [4.69, 9.17) is 21.4 Å². The number of carbonyl (C=O) groups is 1. The Labute approximate surface area is 193 Å². The minimum atomic E-state index is -0.206. The minimum absolute atomic E-state index is 0.0923. The van der Waals surface area contributed by atoms with Gasteiger partial charge in [-0.25, -0.2) is 5.84 Å². The summed E-state index contributed by atoms with van der Waals surface area (Å²) >= 11 is 0. The molecule has 3 rings (SSSR count). The number of ether oxygens (including phenoxy) is 1. The number of hydrazine groups is 1. The van der Waals surface area contributed by atoms with Crippen molar-refractivity contribution in [2.75, 3.05) is 29.4 Å². The summed E-state index contributed by atoms with van der Waals surface area (Å²) in [6.07, 6.45) is 2.83. The number of nitrogens with two attached hydrogens (primary N) is 2. The van der Waals surface area contributed by atoms with Gasteiger partial charge in [0, 0.05) is 41.1 Å². The Bertz CT molecular complexity index is 1080. The van der Waals surface area contributed by atoms with E-state index in [-0.39, 0.29) is 12.5 Å². The van der Waals surface area contributed by atoms with Gasteiger partial charge in [-0.3, -0.25) is 9.80 Å². The molecule has 8 heteroatoms. The van der Waals surface area contributed by atoms with Gasteiger partial charge in [0.2, 0.25) is 0 Å². The first-order valence-electron chi connectivity index (χ1n) is 10.5. The maximum atomic E-state index is 12.4. The number of carbonyl (C=O) groups excluding carboxylic acids is 1. The van der Waals surface area contributed by atoms with Crippen LogP contribution in [0.2, 0.25) is 0 Å². The van der Waals surface area contributed by atoms with Crippen molar-refractivity contribution in [2.45, 2.75) is 12.8 Å². The van der Waals surface area contributed by atoms with Crippen LogP contribution in [0.4, 0.5) is 22.7 Å². The molecule has 3 aromatic carbocycles. The molecular weight excluding hydrogens is 418 g/mol. The van der Waals surface area contributed by atoms with Crippen molar-refractivity contribution in [1.82, 2.24) is 0 Å². The van der Waals surface area contributed by atoms with Gasteiger partial charge in [0.1, 0.15) is 5.75 Å². The van der Waals surface area contributed by atoms with E-state index < -0.39 is 0 Å². The lowest BCUT2D eigenvalue weighted by atomic mass is 10.2. The highest BCUT2D eigenvalue weighted by atomic mass is 16.5. The number of hydrogen-bond acceptors (Lipinski definition) is 7. The summed E-state index contributed by atoms with van der Waals surface area (Å²) in [5.41, 5.74) is 10.3. The van der Waals surface area contributed by atoms with Gasteiger partial charge in [-0.05, 0) is 79.6 Å². The number of allylic oxidation sites excluding steroid dienone is 1. The van der Waals surface area contributed by atoms with Gasteiger partial charge in [0.25, 0.3) is 5.91 Å². The molecule has 7 N–H and O–H groups in total. The average Bonchev–Trinajstić information content (AvgIpc) is 2.84. The Morgan fingerprint density at radius 2 is 1.67 bits per heavy atom. The molecule has 0 spiro atoms. The van der Waals surface area contributed by atoms with Crippen LogP contribution in [0.5, 0.6) is 5.75 Å². The fraction of sp³-hybridized carbons (Fsp3) is 0.160. The number of nitrogens with one attached hydrogen (secondary N) is 2. The summed E-state index contributed by atoms with van der Waals surface area (Å²) in [7, 11) is 1.57. The topological polar surface area (TPSA) is 126 Å². The number of benzene rings is 3. The van der Waals surface area contributed by atoms with Gasteiger partial charge in [-0.1, -0.05) is 6.07 Å². The second-order valence-corrected chi connectivity index (χ2v) is 7.37. The molecule has 0 fully saturated rings. The molecule has 172 valence electrons. The summed E-state index contributed by atoms with van der Waals surface area (Å²) in [4.78, 5) is 12.4. The highest BCUT2D eigenvalue weighted by Gasteiger charge is 2.07. The zero-order chi connectivity index (χ0) is 23.6. The third kappa shape index (κ3) is 6.99. The van der Waals surface area contributed by atoms with E-state index in [1.54, 1.807) is 37.6 Å². The van der Waals surface area contributed by atoms with Gasteiger partial charge < -0.3 is 26.2 Å². The van der Waals surface area contributed by atoms with Crippen molar-refractivity contribution in [1.29, 1.82) is 0 Å². The number of hydrogen-bond donors (Lipinski definition) is 5. The molecule has 0 aliphatic heterocycles. The predicted octanol–water partition coefficient (Wildman–Crippen LogP) is 3.94. The molecule has 0 aliphatic rings. The Balaban J connectivity index is 1.57. The van der Waals surface area contributed by atoms with Crippen LogP contribution < -0.4 is 32.0 Å². The quantitative estimate of drug-likeness (QED) is 0.235. The third-order valence-corrected chi connectivity index (χ3v) is 4.86. The number of aliphatic hydroxyl groups excluding tert-OH is 1. The highest BCUT2D eigenvalue weighted by Crippen LogP contribution is 2.22. The maximum Gasteiger partial charge on any atom is 0.255 e. The fourth-order valence-electron chi connectivity index (χ4n) is 3.09. The molecule has 0 unspecified atom stereocenters. The van der Waals surface area contributed by atoms with Crippen molar-refractivity contribution < 1.29 is 14.6 Å². The molecule has 8 nitrogen and oxygen atoms in total. The van der Waals surface area contributed by atoms with E-state index in [9.17, 15) is 4.79 Å². The minimum Gasteiger partial charge on any atom is -0.497 e. The van der Waals surface area contributed by atoms with Crippen LogP contribution in [0.15, 0.2) is 84.7 Å². The van der Waals surface area contributed by atoms with E-state index in [1.807, 2.05) is 48.5 Å². The molecule has 0 saturated heterocycles. The number of methoxy groups -OCH3 is 1. The molecule has 0 bridgehead atoms. The largest absolute Gasteiger partial charge is 0.497 e. The monoisotopic (exact) mass is 447 g/mol. The molecule has 3 aromatic rings. The van der Waals surface area contributed by atoms with E-state index in [1.165, 1.54) is 5.01 Å². The number of rotatable bonds is 10. The second-order valence-electron chi connectivity index (χ2n) is 7.37. The fourth-order valence-corrected chi connectivity index (χ4v) is 3.09. The molecule has 0 saturated carbocycles. The number of anilines is 4. The molecule has 1 amide bonds. The zero-order valence-corrected chi connectivity index (χ0v) is 18.5. The number of aliphatic hydroxyl groups is 1. The van der Waals surface area contributed by atoms with Gasteiger partial charge in [-0.2, -0.15) is 0 Å². The summed E-state index contributed by atoms with van der Waals surface area (Å²) in [5.74, 6) is 6.46. The van der Waals surface area contributed by atoms with Crippen LogP contribution in [0, 0.1) is 0 Å². The lowest BCUT2D eigenvalue weighted by molar-refractivity contribution is 0.102. The van der Waals surface area contributed by atoms with Crippen LogP contribution in [-0.4, -0.2) is 24.7 Å². The number of nitrogens with zero attached hydrogens (tertiary/aromatic N) is 1. The van der Waals surface area contributed by atoms with E-state index in [0.717, 1.165) is 17.1 Å². The van der Waals surface area contributed by atoms with Gasteiger partial charge in [-0.15, -0.1) is 0 Å². The molecular formula is C25H29N5O3. The first kappa shape index (κ1) is 23.6. The van der Waals surface area contributed by atoms with Crippen molar-refractivity contribution in [3.8, 4) is 5.75 Å². The summed E-state index contributed by atoms with van der Waals surface area (Å²) < 4.78 is 5.16. The molecule has 0 heterocycles. The Morgan fingerprint density at radius 3 is 2.30 bits per heavy atom. The zero-order valence-electron chi connectivity index (χ0n) is 18.5. The van der Waals surface area contributed by atoms with Crippen LogP contribution >= 0.6 is 0 Å². The summed E-state index contributed by atoms with van der Waals surface area (Å²) in [5, 5.41) is 16.5. The maximum absolute atomic E-state index is 12.4. The normalized spacial score (nSPS) is 11.1. The van der Waals surface area contributed by atoms with Gasteiger partial charge in [0.05, 0.1) is 12.8 Å². The van der Waals surface area contributed by atoms with Gasteiger partial charge >= 0.3 is 0 Å². The Morgan fingerprint density at radius 1 is 1.03 bits per heavy atom. The Kier molecular flexibility index (Phi) is 8.29. The standard InChI is InChI=1S/C25H29N5O3/c1-33-24-6-2-4-18(16-24)25(32)29-22-9-7-20(8-10-22)28-21-11-13-23(14-12-21)30(27)17-19(26)5-3-15-31/h2,4,6-14,16-17,28,31H,3,5,15,26-27H2,1H3,(H,29,32)/b19-17-. The van der Waals surface area contributed by atoms with Crippen molar-refractivity contribution >= 4 is 28.7 Å². The van der Waals surface area contributed by atoms with Crippen molar-refractivity contribution in [3.63, 3.8) is 0 Å². The van der Waals surface area contributed by atoms with Crippen molar-refractivity contribution in [2.24, 2.45) is 11.6 Å². The SMILES string of the molecule is COc1cccc(C(=O)Nc2ccc(Nc3ccc(N(N)/C=C(\N)CCCO)cc3)cc2)c1. The predicted molar refractivity (Wildman–Crippen MR) is 132 cm³/mol. The van der Waals surface area contributed by atoms with Crippen LogP contribution in [0.25, 0.3) is 0 Å². The Hall–Kier alpha value is -4.01. The lowest BCUT2D eigenvalue weighted by Crippen LogP contribution is -2.25. The van der Waals surface area contributed by atoms with Crippen LogP contribution in [0.1, 0.15) is 23.2 Å². The second kappa shape index (κ2) is 11.6. The molecule has 0 aromatic heterocycles. The smallest absolute Gasteiger partial charge is 0.255 e. The molecule has 0 radical (unpaired) electrons. The van der Waals surface area contributed by atoms with Crippen molar-refractivity contribution in [3.05, 3.63) is 90.3 Å². The van der Waals surface area contributed by atoms with Crippen LogP contribution in [0.3, 0.4) is 0 Å². The summed E-state index contributed by atoms with van der Waals surface area (Å²) in [6, 6.07) is 22.0. The van der Waals surface area contributed by atoms with E-state index in [2.05, 4.69) is 10.6 Å². The first-order valence-corrected chi connectivity index (χ1v) is 10.5. The third-order valence-electron chi connectivity index (χ3n) is 4.86. The highest BCUT2D eigenvalue weighted by molar-refractivity contribution is 6.04. The van der Waals surface area contributed by atoms with E-state index >= 15 is 0 Å². The lowest BCUT2D eigenvalue weighted by Gasteiger charge is -2.16. The first-order chi connectivity index (χ1) is 16.0. The molecule has 0 atom stereocenters. The van der Waals surface area contributed by atoms with E-state index in [0.29, 0.717) is 35.5 Å². The van der Waals surface area contributed by atoms with Gasteiger partial charge in [0.15, 0.2) is 0 Å². The van der Waals surface area contributed by atoms with Crippen LogP contribution in [-0.2, 0) is 0 Å². The number of amides is 1. The molecule has 33 heavy (non-hydrogen) atoms.